The van der Waals surface area contributed by atoms with Crippen molar-refractivity contribution < 1.29 is 23.9 Å². The van der Waals surface area contributed by atoms with Gasteiger partial charge in [-0.05, 0) is 67.2 Å². The number of nitrogens with zero attached hydrogens (tertiary/aromatic N) is 1. The highest BCUT2D eigenvalue weighted by atomic mass is 16.7. The minimum Gasteiger partial charge on any atom is -0.458 e. The normalized spacial score (nSPS) is 19.9. The molecule has 6 heteroatoms. The number of benzene rings is 2. The molecule has 37 heavy (non-hydrogen) atoms. The second kappa shape index (κ2) is 13.4. The van der Waals surface area contributed by atoms with Crippen molar-refractivity contribution in [2.75, 3.05) is 13.2 Å². The molecule has 6 nitrogen and oxygen atoms in total. The first-order valence-electron chi connectivity index (χ1n) is 13.3. The van der Waals surface area contributed by atoms with Crippen molar-refractivity contribution in [1.82, 2.24) is 0 Å². The van der Waals surface area contributed by atoms with Crippen LogP contribution in [0.5, 0.6) is 0 Å². The molecule has 1 aliphatic rings. The minimum absolute atomic E-state index is 0.00411. The molecule has 0 bridgehead atoms. The lowest BCUT2D eigenvalue weighted by atomic mass is 9.65. The van der Waals surface area contributed by atoms with E-state index in [1.165, 1.54) is 6.42 Å². The Hall–Kier alpha value is -3.15. The number of esters is 2. The van der Waals surface area contributed by atoms with Gasteiger partial charge in [0, 0.05) is 5.92 Å². The fourth-order valence-electron chi connectivity index (χ4n) is 5.30. The van der Waals surface area contributed by atoms with Crippen LogP contribution in [-0.2, 0) is 14.3 Å². The predicted octanol–water partition coefficient (Wildman–Crippen LogP) is 6.95. The molecular weight excluding hydrogens is 466 g/mol. The first kappa shape index (κ1) is 28.4. The summed E-state index contributed by atoms with van der Waals surface area (Å²) >= 11 is 0. The number of rotatable bonds is 11. The van der Waals surface area contributed by atoms with Crippen molar-refractivity contribution in [3.05, 3.63) is 71.8 Å². The van der Waals surface area contributed by atoms with Crippen LogP contribution < -0.4 is 0 Å². The van der Waals surface area contributed by atoms with E-state index >= 15 is 0 Å². The third kappa shape index (κ3) is 8.73. The molecule has 200 valence electrons. The predicted molar refractivity (Wildman–Crippen MR) is 145 cm³/mol. The minimum atomic E-state index is -0.798. The maximum absolute atomic E-state index is 12.7. The Labute approximate surface area is 221 Å². The van der Waals surface area contributed by atoms with E-state index in [1.807, 2.05) is 12.1 Å². The molecule has 3 atom stereocenters. The molecule has 0 aromatic heterocycles. The summed E-state index contributed by atoms with van der Waals surface area (Å²) in [5, 5.41) is 4.58. The first-order chi connectivity index (χ1) is 17.7. The molecule has 1 aliphatic carbocycles. The molecule has 0 spiro atoms. The van der Waals surface area contributed by atoms with Crippen molar-refractivity contribution in [2.24, 2.45) is 28.3 Å². The lowest BCUT2D eigenvalue weighted by Crippen LogP contribution is -2.37. The number of ether oxygens (including phenoxy) is 2. The van der Waals surface area contributed by atoms with Crippen molar-refractivity contribution in [2.45, 2.75) is 66.4 Å². The third-order valence-corrected chi connectivity index (χ3v) is 6.92. The van der Waals surface area contributed by atoms with Crippen LogP contribution in [0, 0.1) is 23.2 Å². The van der Waals surface area contributed by atoms with Gasteiger partial charge in [0.1, 0.15) is 6.61 Å². The van der Waals surface area contributed by atoms with Crippen LogP contribution >= 0.6 is 0 Å². The van der Waals surface area contributed by atoms with Gasteiger partial charge < -0.3 is 14.3 Å². The zero-order valence-corrected chi connectivity index (χ0v) is 22.8. The van der Waals surface area contributed by atoms with Crippen LogP contribution in [0.1, 0.15) is 81.0 Å². The number of hydrogen-bond donors (Lipinski definition) is 0. The van der Waals surface area contributed by atoms with E-state index in [0.29, 0.717) is 28.9 Å². The van der Waals surface area contributed by atoms with Gasteiger partial charge in [0.05, 0.1) is 16.8 Å². The Bertz CT molecular complexity index is 1030. The van der Waals surface area contributed by atoms with Gasteiger partial charge in [-0.25, -0.2) is 9.59 Å². The Balaban J connectivity index is 1.70. The summed E-state index contributed by atoms with van der Waals surface area (Å²) in [5.74, 6) is 0.501. The lowest BCUT2D eigenvalue weighted by molar-refractivity contribution is -0.0321. The molecule has 0 N–H and O–H groups in total. The molecule has 1 unspecified atom stereocenters. The van der Waals surface area contributed by atoms with Crippen molar-refractivity contribution in [3.8, 4) is 0 Å². The highest BCUT2D eigenvalue weighted by Crippen LogP contribution is 2.42. The Morgan fingerprint density at radius 3 is 2.11 bits per heavy atom. The SMILES string of the molecule is CC(C)CC(C)(C)[C@@H]1CC[C@@H](C)C/C1=N\OCC(COC(=O)c1ccccc1)OC(=O)c1ccccc1. The highest BCUT2D eigenvalue weighted by Gasteiger charge is 2.37. The van der Waals surface area contributed by atoms with Crippen molar-refractivity contribution in [1.29, 1.82) is 0 Å². The second-order valence-electron chi connectivity index (χ2n) is 11.3. The molecule has 0 aliphatic heterocycles. The topological polar surface area (TPSA) is 74.2 Å². The Morgan fingerprint density at radius 1 is 0.919 bits per heavy atom. The van der Waals surface area contributed by atoms with Crippen LogP contribution in [0.15, 0.2) is 65.8 Å². The van der Waals surface area contributed by atoms with Gasteiger partial charge >= 0.3 is 11.9 Å². The summed E-state index contributed by atoms with van der Waals surface area (Å²) in [6.45, 7) is 11.2. The van der Waals surface area contributed by atoms with E-state index < -0.39 is 18.0 Å². The second-order valence-corrected chi connectivity index (χ2v) is 11.3. The quantitative estimate of drug-likeness (QED) is 0.243. The van der Waals surface area contributed by atoms with Gasteiger partial charge in [-0.15, -0.1) is 0 Å². The van der Waals surface area contributed by atoms with E-state index in [1.54, 1.807) is 48.5 Å². The maximum atomic E-state index is 12.7. The fraction of sp³-hybridized carbons (Fsp3) is 0.516. The number of hydrogen-bond acceptors (Lipinski definition) is 6. The van der Waals surface area contributed by atoms with E-state index in [2.05, 4.69) is 39.8 Å². The molecule has 1 saturated carbocycles. The average molecular weight is 508 g/mol. The summed E-state index contributed by atoms with van der Waals surface area (Å²) in [4.78, 5) is 31.0. The number of oxime groups is 1. The molecule has 3 rings (SSSR count). The Morgan fingerprint density at radius 2 is 1.51 bits per heavy atom. The van der Waals surface area contributed by atoms with Crippen LogP contribution in [0.4, 0.5) is 0 Å². The monoisotopic (exact) mass is 507 g/mol. The molecular formula is C31H41NO5. The van der Waals surface area contributed by atoms with Crippen molar-refractivity contribution in [3.63, 3.8) is 0 Å². The standard InChI is InChI=1S/C31H41NO5/c1-22(2)19-31(4,5)27-17-16-23(3)18-28(27)32-36-21-26(37-30(34)25-14-10-7-11-15-25)20-35-29(33)24-12-8-6-9-13-24/h6-15,22-23,26-27H,16-21H2,1-5H3/b32-28+/t23-,26?,27-/m1/s1. The highest BCUT2D eigenvalue weighted by molar-refractivity contribution is 5.90. The van der Waals surface area contributed by atoms with Gasteiger partial charge in [-0.1, -0.05) is 76.2 Å². The maximum Gasteiger partial charge on any atom is 0.338 e. The molecule has 0 saturated heterocycles. The summed E-state index contributed by atoms with van der Waals surface area (Å²) in [7, 11) is 0. The summed E-state index contributed by atoms with van der Waals surface area (Å²) < 4.78 is 11.1. The molecule has 0 heterocycles. The van der Waals surface area contributed by atoms with E-state index in [0.717, 1.165) is 25.0 Å². The van der Waals surface area contributed by atoms with Gasteiger partial charge in [0.25, 0.3) is 0 Å². The zero-order chi connectivity index (χ0) is 26.8. The summed E-state index contributed by atoms with van der Waals surface area (Å²) in [6.07, 6.45) is 3.47. The van der Waals surface area contributed by atoms with Crippen molar-refractivity contribution >= 4 is 17.7 Å². The Kier molecular flexibility index (Phi) is 10.3. The fourth-order valence-corrected chi connectivity index (χ4v) is 5.30. The van der Waals surface area contributed by atoms with Crippen LogP contribution in [0.25, 0.3) is 0 Å². The lowest BCUT2D eigenvalue weighted by Gasteiger charge is -2.40. The van der Waals surface area contributed by atoms with Crippen LogP contribution in [-0.4, -0.2) is 37.0 Å². The molecule has 0 amide bonds. The van der Waals surface area contributed by atoms with E-state index in [4.69, 9.17) is 14.3 Å². The molecule has 0 radical (unpaired) electrons. The van der Waals surface area contributed by atoms with E-state index in [9.17, 15) is 9.59 Å². The molecule has 2 aromatic rings. The van der Waals surface area contributed by atoms with E-state index in [-0.39, 0.29) is 18.6 Å². The van der Waals surface area contributed by atoms with Crippen LogP contribution in [0.3, 0.4) is 0 Å². The summed E-state index contributed by atoms with van der Waals surface area (Å²) in [6, 6.07) is 17.5. The third-order valence-electron chi connectivity index (χ3n) is 6.92. The smallest absolute Gasteiger partial charge is 0.338 e. The zero-order valence-electron chi connectivity index (χ0n) is 22.8. The largest absolute Gasteiger partial charge is 0.458 e. The van der Waals surface area contributed by atoms with Gasteiger partial charge in [-0.3, -0.25) is 0 Å². The summed E-state index contributed by atoms with van der Waals surface area (Å²) in [5.41, 5.74) is 2.03. The average Bonchev–Trinajstić information content (AvgIpc) is 2.87. The van der Waals surface area contributed by atoms with Gasteiger partial charge in [-0.2, -0.15) is 0 Å². The van der Waals surface area contributed by atoms with Crippen LogP contribution in [0.2, 0.25) is 0 Å². The molecule has 2 aromatic carbocycles. The molecule has 1 fully saturated rings. The number of carbonyl (C=O) groups excluding carboxylic acids is 2. The van der Waals surface area contributed by atoms with Gasteiger partial charge in [0.15, 0.2) is 12.7 Å². The van der Waals surface area contributed by atoms with Gasteiger partial charge in [0.2, 0.25) is 0 Å². The number of carbonyl (C=O) groups is 2. The first-order valence-corrected chi connectivity index (χ1v) is 13.3.